The highest BCUT2D eigenvalue weighted by Gasteiger charge is 2.17. The van der Waals surface area contributed by atoms with E-state index in [1.807, 2.05) is 6.07 Å². The average Bonchev–Trinajstić information content (AvgIpc) is 2.97. The third-order valence-corrected chi connectivity index (χ3v) is 4.23. The van der Waals surface area contributed by atoms with Crippen LogP contribution in [0.3, 0.4) is 0 Å². The summed E-state index contributed by atoms with van der Waals surface area (Å²) in [5.41, 5.74) is 1.06. The summed E-state index contributed by atoms with van der Waals surface area (Å²) in [6.45, 7) is 0.285. The summed E-state index contributed by atoms with van der Waals surface area (Å²) < 4.78 is 31.3. The second kappa shape index (κ2) is 6.32. The van der Waals surface area contributed by atoms with Gasteiger partial charge in [0.25, 0.3) is 0 Å². The number of sulfonamides is 1. The minimum Gasteiger partial charge on any atom is -0.364 e. The van der Waals surface area contributed by atoms with Crippen molar-refractivity contribution in [1.29, 1.82) is 5.26 Å². The Morgan fingerprint density at radius 2 is 2.15 bits per heavy atom. The molecule has 0 bridgehead atoms. The van der Waals surface area contributed by atoms with Crippen molar-refractivity contribution in [2.75, 3.05) is 6.54 Å². The molecular formula is C13H13N3O3S. The zero-order valence-corrected chi connectivity index (χ0v) is 11.4. The lowest BCUT2D eigenvalue weighted by atomic mass is 10.2. The van der Waals surface area contributed by atoms with Gasteiger partial charge in [0.2, 0.25) is 10.0 Å². The highest BCUT2D eigenvalue weighted by atomic mass is 32.2. The Morgan fingerprint density at radius 3 is 2.85 bits per heavy atom. The lowest BCUT2D eigenvalue weighted by Gasteiger charge is -2.07. The summed E-state index contributed by atoms with van der Waals surface area (Å²) in [4.78, 5) is 0.00692. The molecule has 1 aromatic carbocycles. The molecule has 0 unspecified atom stereocenters. The molecule has 1 heterocycles. The number of aryl methyl sites for hydroxylation is 1. The fourth-order valence-corrected chi connectivity index (χ4v) is 2.95. The smallest absolute Gasteiger partial charge is 0.241 e. The van der Waals surface area contributed by atoms with Gasteiger partial charge in [-0.05, 0) is 25.0 Å². The fourth-order valence-electron chi connectivity index (χ4n) is 1.72. The lowest BCUT2D eigenvalue weighted by Crippen LogP contribution is -2.25. The van der Waals surface area contributed by atoms with Gasteiger partial charge in [0, 0.05) is 12.1 Å². The molecule has 7 heteroatoms. The number of benzene rings is 1. The van der Waals surface area contributed by atoms with E-state index >= 15 is 0 Å². The molecule has 0 aliphatic heterocycles. The molecular weight excluding hydrogens is 278 g/mol. The Morgan fingerprint density at radius 1 is 1.35 bits per heavy atom. The predicted molar refractivity (Wildman–Crippen MR) is 71.2 cm³/mol. The van der Waals surface area contributed by atoms with Crippen LogP contribution in [0.1, 0.15) is 17.5 Å². The maximum absolute atomic E-state index is 12.1. The second-order valence-corrected chi connectivity index (χ2v) is 5.88. The number of rotatable bonds is 6. The molecule has 20 heavy (non-hydrogen) atoms. The van der Waals surface area contributed by atoms with Crippen molar-refractivity contribution in [3.05, 3.63) is 47.9 Å². The standard InChI is InChI=1S/C13H13N3O3S/c14-8-12-5-1-2-6-13(12)20(17,18)16-7-3-4-11-9-15-19-10-11/h1-2,5-6,9-10,16H,3-4,7H2. The van der Waals surface area contributed by atoms with Crippen molar-refractivity contribution in [2.45, 2.75) is 17.7 Å². The average molecular weight is 291 g/mol. The van der Waals surface area contributed by atoms with E-state index in [-0.39, 0.29) is 17.0 Å². The maximum Gasteiger partial charge on any atom is 0.241 e. The van der Waals surface area contributed by atoms with Crippen LogP contribution in [0.15, 0.2) is 46.1 Å². The molecule has 0 radical (unpaired) electrons. The van der Waals surface area contributed by atoms with Gasteiger partial charge in [-0.25, -0.2) is 13.1 Å². The van der Waals surface area contributed by atoms with Gasteiger partial charge in [0.15, 0.2) is 0 Å². The normalized spacial score (nSPS) is 11.2. The van der Waals surface area contributed by atoms with Gasteiger partial charge >= 0.3 is 0 Å². The van der Waals surface area contributed by atoms with E-state index in [4.69, 9.17) is 5.26 Å². The van der Waals surface area contributed by atoms with Gasteiger partial charge < -0.3 is 4.52 Å². The highest BCUT2D eigenvalue weighted by Crippen LogP contribution is 2.14. The molecule has 1 N–H and O–H groups in total. The lowest BCUT2D eigenvalue weighted by molar-refractivity contribution is 0.418. The van der Waals surface area contributed by atoms with Gasteiger partial charge in [0.05, 0.1) is 16.7 Å². The van der Waals surface area contributed by atoms with Crippen LogP contribution in [0, 0.1) is 11.3 Å². The van der Waals surface area contributed by atoms with E-state index in [2.05, 4.69) is 14.4 Å². The van der Waals surface area contributed by atoms with E-state index in [0.29, 0.717) is 12.8 Å². The summed E-state index contributed by atoms with van der Waals surface area (Å²) in [5.74, 6) is 0. The largest absolute Gasteiger partial charge is 0.364 e. The molecule has 2 rings (SSSR count). The Kier molecular flexibility index (Phi) is 4.50. The first-order chi connectivity index (χ1) is 9.63. The van der Waals surface area contributed by atoms with Crippen molar-refractivity contribution in [3.8, 4) is 6.07 Å². The zero-order chi connectivity index (χ0) is 14.4. The molecule has 0 aliphatic rings. The molecule has 0 spiro atoms. The molecule has 104 valence electrons. The van der Waals surface area contributed by atoms with Gasteiger partial charge in [-0.1, -0.05) is 17.3 Å². The molecule has 0 fully saturated rings. The van der Waals surface area contributed by atoms with Gasteiger partial charge in [-0.3, -0.25) is 0 Å². The SMILES string of the molecule is N#Cc1ccccc1S(=O)(=O)NCCCc1cnoc1. The molecule has 0 aliphatic carbocycles. The number of hydrogen-bond acceptors (Lipinski definition) is 5. The summed E-state index contributed by atoms with van der Waals surface area (Å²) in [6, 6.07) is 7.99. The third-order valence-electron chi connectivity index (χ3n) is 2.71. The number of nitriles is 1. The van der Waals surface area contributed by atoms with E-state index in [1.54, 1.807) is 18.3 Å². The number of aromatic nitrogens is 1. The zero-order valence-electron chi connectivity index (χ0n) is 10.6. The quantitative estimate of drug-likeness (QED) is 0.813. The second-order valence-electron chi connectivity index (χ2n) is 4.14. The topological polar surface area (TPSA) is 96.0 Å². The van der Waals surface area contributed by atoms with Crippen LogP contribution in [0.25, 0.3) is 0 Å². The van der Waals surface area contributed by atoms with Gasteiger partial charge in [-0.2, -0.15) is 5.26 Å². The Balaban J connectivity index is 1.96. The molecule has 1 aromatic heterocycles. The first-order valence-electron chi connectivity index (χ1n) is 6.00. The fraction of sp³-hybridized carbons (Fsp3) is 0.231. The molecule has 0 saturated carbocycles. The van der Waals surface area contributed by atoms with Crippen molar-refractivity contribution in [1.82, 2.24) is 9.88 Å². The van der Waals surface area contributed by atoms with Crippen molar-refractivity contribution in [3.63, 3.8) is 0 Å². The van der Waals surface area contributed by atoms with Gasteiger partial charge in [-0.15, -0.1) is 0 Å². The van der Waals surface area contributed by atoms with E-state index < -0.39 is 10.0 Å². The highest BCUT2D eigenvalue weighted by molar-refractivity contribution is 7.89. The Hall–Kier alpha value is -2.17. The Bertz CT molecular complexity index is 703. The number of hydrogen-bond donors (Lipinski definition) is 1. The van der Waals surface area contributed by atoms with Crippen LogP contribution in [-0.2, 0) is 16.4 Å². The van der Waals surface area contributed by atoms with Crippen molar-refractivity contribution >= 4 is 10.0 Å². The number of nitrogens with zero attached hydrogens (tertiary/aromatic N) is 2. The summed E-state index contributed by atoms with van der Waals surface area (Å²) in [7, 11) is -3.66. The molecule has 0 atom stereocenters. The van der Waals surface area contributed by atoms with Gasteiger partial charge in [0.1, 0.15) is 12.3 Å². The predicted octanol–water partition coefficient (Wildman–Crippen LogP) is 1.46. The van der Waals surface area contributed by atoms with E-state index in [1.165, 1.54) is 18.4 Å². The first-order valence-corrected chi connectivity index (χ1v) is 7.49. The van der Waals surface area contributed by atoms with Crippen molar-refractivity contribution < 1.29 is 12.9 Å². The number of nitrogens with one attached hydrogen (secondary N) is 1. The molecule has 0 amide bonds. The third kappa shape index (κ3) is 3.44. The van der Waals surface area contributed by atoms with Crippen LogP contribution in [0.4, 0.5) is 0 Å². The molecule has 6 nitrogen and oxygen atoms in total. The van der Waals surface area contributed by atoms with E-state index in [0.717, 1.165) is 5.56 Å². The molecule has 2 aromatic rings. The Labute approximate surface area is 117 Å². The minimum absolute atomic E-state index is 0.00692. The van der Waals surface area contributed by atoms with Crippen LogP contribution in [0.5, 0.6) is 0 Å². The van der Waals surface area contributed by atoms with Crippen molar-refractivity contribution in [2.24, 2.45) is 0 Å². The molecule has 0 saturated heterocycles. The van der Waals surface area contributed by atoms with Crippen LogP contribution in [-0.4, -0.2) is 20.1 Å². The summed E-state index contributed by atoms with van der Waals surface area (Å²) >= 11 is 0. The first kappa shape index (κ1) is 14.2. The summed E-state index contributed by atoms with van der Waals surface area (Å²) in [6.07, 6.45) is 4.42. The van der Waals surface area contributed by atoms with Crippen LogP contribution < -0.4 is 4.72 Å². The maximum atomic E-state index is 12.1. The van der Waals surface area contributed by atoms with Crippen LogP contribution >= 0.6 is 0 Å². The van der Waals surface area contributed by atoms with Crippen LogP contribution in [0.2, 0.25) is 0 Å². The monoisotopic (exact) mass is 291 g/mol. The summed E-state index contributed by atoms with van der Waals surface area (Å²) in [5, 5.41) is 12.5. The van der Waals surface area contributed by atoms with E-state index in [9.17, 15) is 8.42 Å². The minimum atomic E-state index is -3.66.